The third-order valence-electron chi connectivity index (χ3n) is 2.33. The highest BCUT2D eigenvalue weighted by Gasteiger charge is 2.05. The standard InChI is InChI=1S/C14H18O3/c1-9(2)17-13-6-5-12(7-11(13)4)10(3)8-14(15)16/h5-9H,1-4H3,(H,15,16)/b10-8+. The fraction of sp³-hybridized carbons (Fsp3) is 0.357. The number of hydrogen-bond acceptors (Lipinski definition) is 2. The number of allylic oxidation sites excluding steroid dienone is 1. The summed E-state index contributed by atoms with van der Waals surface area (Å²) in [5.74, 6) is -0.0884. The molecular weight excluding hydrogens is 216 g/mol. The second kappa shape index (κ2) is 5.53. The molecule has 0 amide bonds. The molecule has 17 heavy (non-hydrogen) atoms. The maximum absolute atomic E-state index is 10.6. The molecule has 0 bridgehead atoms. The van der Waals surface area contributed by atoms with Crippen molar-refractivity contribution in [2.45, 2.75) is 33.8 Å². The highest BCUT2D eigenvalue weighted by molar-refractivity contribution is 5.89. The minimum Gasteiger partial charge on any atom is -0.491 e. The summed E-state index contributed by atoms with van der Waals surface area (Å²) in [6.07, 6.45) is 1.34. The van der Waals surface area contributed by atoms with Crippen LogP contribution in [0.4, 0.5) is 0 Å². The van der Waals surface area contributed by atoms with E-state index in [1.165, 1.54) is 6.08 Å². The van der Waals surface area contributed by atoms with Gasteiger partial charge in [0, 0.05) is 6.08 Å². The van der Waals surface area contributed by atoms with Crippen LogP contribution in [0.25, 0.3) is 5.57 Å². The normalized spacial score (nSPS) is 11.7. The van der Waals surface area contributed by atoms with Gasteiger partial charge in [-0.2, -0.15) is 0 Å². The lowest BCUT2D eigenvalue weighted by molar-refractivity contribution is -0.131. The van der Waals surface area contributed by atoms with Gasteiger partial charge in [-0.05, 0) is 56.5 Å². The molecule has 0 aromatic heterocycles. The van der Waals surface area contributed by atoms with E-state index in [1.807, 2.05) is 39.0 Å². The summed E-state index contributed by atoms with van der Waals surface area (Å²) in [5.41, 5.74) is 2.65. The third-order valence-corrected chi connectivity index (χ3v) is 2.33. The maximum atomic E-state index is 10.6. The van der Waals surface area contributed by atoms with Gasteiger partial charge in [0.2, 0.25) is 0 Å². The lowest BCUT2D eigenvalue weighted by Crippen LogP contribution is -2.06. The van der Waals surface area contributed by atoms with Gasteiger partial charge in [0.15, 0.2) is 0 Å². The van der Waals surface area contributed by atoms with E-state index in [9.17, 15) is 4.79 Å². The van der Waals surface area contributed by atoms with Crippen molar-refractivity contribution < 1.29 is 14.6 Å². The van der Waals surface area contributed by atoms with Crippen molar-refractivity contribution in [3.8, 4) is 5.75 Å². The van der Waals surface area contributed by atoms with Gasteiger partial charge >= 0.3 is 5.97 Å². The fourth-order valence-electron chi connectivity index (χ4n) is 1.55. The predicted octanol–water partition coefficient (Wildman–Crippen LogP) is 3.27. The molecule has 0 aliphatic carbocycles. The summed E-state index contributed by atoms with van der Waals surface area (Å²) < 4.78 is 5.63. The van der Waals surface area contributed by atoms with Crippen molar-refractivity contribution in [3.05, 3.63) is 35.4 Å². The molecular formula is C14H18O3. The predicted molar refractivity (Wildman–Crippen MR) is 68.2 cm³/mol. The molecule has 0 unspecified atom stereocenters. The number of carboxylic acids is 1. The molecule has 1 rings (SSSR count). The minimum absolute atomic E-state index is 0.134. The number of aryl methyl sites for hydroxylation is 1. The lowest BCUT2D eigenvalue weighted by atomic mass is 10.0. The van der Waals surface area contributed by atoms with E-state index in [0.29, 0.717) is 0 Å². The Hall–Kier alpha value is -1.77. The van der Waals surface area contributed by atoms with E-state index in [2.05, 4.69) is 0 Å². The van der Waals surface area contributed by atoms with E-state index < -0.39 is 5.97 Å². The maximum Gasteiger partial charge on any atom is 0.328 e. The molecule has 0 aliphatic rings. The zero-order valence-corrected chi connectivity index (χ0v) is 10.7. The van der Waals surface area contributed by atoms with Crippen molar-refractivity contribution in [1.82, 2.24) is 0 Å². The summed E-state index contributed by atoms with van der Waals surface area (Å²) in [5, 5.41) is 8.69. The van der Waals surface area contributed by atoms with Crippen LogP contribution in [0.3, 0.4) is 0 Å². The van der Waals surface area contributed by atoms with Gasteiger partial charge in [0.05, 0.1) is 6.10 Å². The molecule has 0 radical (unpaired) electrons. The number of ether oxygens (including phenoxy) is 1. The van der Waals surface area contributed by atoms with Crippen LogP contribution in [-0.4, -0.2) is 17.2 Å². The zero-order valence-electron chi connectivity index (χ0n) is 10.7. The molecule has 0 saturated carbocycles. The Morgan fingerprint density at radius 1 is 1.41 bits per heavy atom. The van der Waals surface area contributed by atoms with Gasteiger partial charge in [0.1, 0.15) is 5.75 Å². The van der Waals surface area contributed by atoms with E-state index >= 15 is 0 Å². The Morgan fingerprint density at radius 2 is 2.06 bits per heavy atom. The second-order valence-electron chi connectivity index (χ2n) is 4.31. The minimum atomic E-state index is -0.928. The number of hydrogen-bond donors (Lipinski definition) is 1. The molecule has 0 fully saturated rings. The molecule has 0 saturated heterocycles. The van der Waals surface area contributed by atoms with Crippen molar-refractivity contribution in [2.24, 2.45) is 0 Å². The van der Waals surface area contributed by atoms with Crippen LogP contribution in [0.5, 0.6) is 5.75 Å². The van der Waals surface area contributed by atoms with Gasteiger partial charge in [-0.3, -0.25) is 0 Å². The van der Waals surface area contributed by atoms with Crippen LogP contribution in [0.1, 0.15) is 31.9 Å². The summed E-state index contributed by atoms with van der Waals surface area (Å²) in [7, 11) is 0. The molecule has 1 N–H and O–H groups in total. The van der Waals surface area contributed by atoms with Crippen LogP contribution >= 0.6 is 0 Å². The van der Waals surface area contributed by atoms with Crippen LogP contribution in [0.15, 0.2) is 24.3 Å². The highest BCUT2D eigenvalue weighted by Crippen LogP contribution is 2.24. The monoisotopic (exact) mass is 234 g/mol. The lowest BCUT2D eigenvalue weighted by Gasteiger charge is -2.13. The Labute approximate surface area is 102 Å². The topological polar surface area (TPSA) is 46.5 Å². The van der Waals surface area contributed by atoms with Crippen LogP contribution in [-0.2, 0) is 4.79 Å². The van der Waals surface area contributed by atoms with Gasteiger partial charge < -0.3 is 9.84 Å². The highest BCUT2D eigenvalue weighted by atomic mass is 16.5. The van der Waals surface area contributed by atoms with Crippen molar-refractivity contribution in [3.63, 3.8) is 0 Å². The van der Waals surface area contributed by atoms with Gasteiger partial charge in [-0.25, -0.2) is 4.79 Å². The molecule has 0 spiro atoms. The summed E-state index contributed by atoms with van der Waals surface area (Å²) in [6.45, 7) is 7.69. The molecule has 92 valence electrons. The van der Waals surface area contributed by atoms with Crippen molar-refractivity contribution in [1.29, 1.82) is 0 Å². The average molecular weight is 234 g/mol. The van der Waals surface area contributed by atoms with E-state index in [-0.39, 0.29) is 6.10 Å². The third kappa shape index (κ3) is 3.94. The van der Waals surface area contributed by atoms with E-state index in [0.717, 1.165) is 22.4 Å². The number of benzene rings is 1. The fourth-order valence-corrected chi connectivity index (χ4v) is 1.55. The second-order valence-corrected chi connectivity index (χ2v) is 4.31. The van der Waals surface area contributed by atoms with Crippen molar-refractivity contribution in [2.75, 3.05) is 0 Å². The van der Waals surface area contributed by atoms with Gasteiger partial charge in [-0.1, -0.05) is 6.07 Å². The average Bonchev–Trinajstić information content (AvgIpc) is 2.19. The largest absolute Gasteiger partial charge is 0.491 e. The number of carboxylic acid groups (broad SMARTS) is 1. The molecule has 1 aromatic carbocycles. The Kier molecular flexibility index (Phi) is 4.32. The van der Waals surface area contributed by atoms with Crippen LogP contribution < -0.4 is 4.74 Å². The zero-order chi connectivity index (χ0) is 13.0. The molecule has 1 aromatic rings. The van der Waals surface area contributed by atoms with Crippen LogP contribution in [0, 0.1) is 6.92 Å². The Bertz CT molecular complexity index is 445. The first-order valence-corrected chi connectivity index (χ1v) is 5.59. The number of rotatable bonds is 4. The summed E-state index contributed by atoms with van der Waals surface area (Å²) in [4.78, 5) is 10.6. The molecule has 3 heteroatoms. The molecule has 0 atom stereocenters. The van der Waals surface area contributed by atoms with E-state index in [4.69, 9.17) is 9.84 Å². The quantitative estimate of drug-likeness (QED) is 0.813. The molecule has 3 nitrogen and oxygen atoms in total. The first kappa shape index (κ1) is 13.3. The first-order valence-electron chi connectivity index (χ1n) is 5.59. The Balaban J connectivity index is 3.00. The number of aliphatic carboxylic acids is 1. The van der Waals surface area contributed by atoms with Gasteiger partial charge in [-0.15, -0.1) is 0 Å². The molecule has 0 aliphatic heterocycles. The van der Waals surface area contributed by atoms with Gasteiger partial charge in [0.25, 0.3) is 0 Å². The van der Waals surface area contributed by atoms with E-state index in [1.54, 1.807) is 6.92 Å². The van der Waals surface area contributed by atoms with Crippen LogP contribution in [0.2, 0.25) is 0 Å². The smallest absolute Gasteiger partial charge is 0.328 e. The number of carbonyl (C=O) groups is 1. The summed E-state index contributed by atoms with van der Waals surface area (Å²) >= 11 is 0. The summed E-state index contributed by atoms with van der Waals surface area (Å²) in [6, 6.07) is 5.69. The van der Waals surface area contributed by atoms with Crippen molar-refractivity contribution >= 4 is 11.5 Å². The SMILES string of the molecule is C/C(=C\C(=O)O)c1ccc(OC(C)C)c(C)c1. The molecule has 0 heterocycles. The Morgan fingerprint density at radius 3 is 2.53 bits per heavy atom. The first-order chi connectivity index (χ1) is 7.90.